The largest absolute Gasteiger partial charge is 0.309 e. The van der Waals surface area contributed by atoms with Crippen molar-refractivity contribution in [1.82, 2.24) is 9.97 Å². The van der Waals surface area contributed by atoms with Crippen molar-refractivity contribution < 1.29 is 9.13 Å². The zero-order valence-corrected chi connectivity index (χ0v) is 26.7. The van der Waals surface area contributed by atoms with Gasteiger partial charge in [0.15, 0.2) is 14.3 Å². The summed E-state index contributed by atoms with van der Waals surface area (Å²) < 4.78 is 32.0. The van der Waals surface area contributed by atoms with Crippen molar-refractivity contribution in [2.45, 2.75) is 0 Å². The summed E-state index contributed by atoms with van der Waals surface area (Å²) in [5.41, 5.74) is 3.10. The Morgan fingerprint density at radius 3 is 1.13 bits per heavy atom. The van der Waals surface area contributed by atoms with Gasteiger partial charge in [-0.25, -0.2) is 0 Å². The van der Waals surface area contributed by atoms with Crippen molar-refractivity contribution in [3.05, 3.63) is 183 Å². The van der Waals surface area contributed by atoms with Crippen LogP contribution in [0.4, 0.5) is 0 Å². The second kappa shape index (κ2) is 12.7. The number of benzene rings is 5. The Bertz CT molecular complexity index is 1930. The molecule has 2 aromatic heterocycles. The van der Waals surface area contributed by atoms with E-state index in [-0.39, 0.29) is 0 Å². The Hall–Kier alpha value is -5.14. The third-order valence-electron chi connectivity index (χ3n) is 8.24. The number of rotatable bonds is 8. The maximum atomic E-state index is 16.0. The van der Waals surface area contributed by atoms with Crippen LogP contribution in [0, 0.1) is 0 Å². The maximum Gasteiger partial charge on any atom is 0.171 e. The number of hydrogen-bond donors (Lipinski definition) is 0. The highest BCUT2D eigenvalue weighted by Gasteiger charge is 2.38. The van der Waals surface area contributed by atoms with Crippen molar-refractivity contribution in [1.29, 1.82) is 0 Å². The molecule has 0 unspecified atom stereocenters. The second-order valence-electron chi connectivity index (χ2n) is 10.9. The van der Waals surface area contributed by atoms with Gasteiger partial charge in [-0.1, -0.05) is 127 Å². The van der Waals surface area contributed by atoms with E-state index < -0.39 is 14.3 Å². The molecule has 0 fully saturated rings. The van der Waals surface area contributed by atoms with Crippen LogP contribution in [0.2, 0.25) is 0 Å². The molecule has 6 heteroatoms. The monoisotopic (exact) mass is 632 g/mol. The molecule has 0 saturated carbocycles. The van der Waals surface area contributed by atoms with E-state index in [1.807, 2.05) is 158 Å². The normalized spacial score (nSPS) is 11.7. The van der Waals surface area contributed by atoms with E-state index in [0.29, 0.717) is 21.2 Å². The van der Waals surface area contributed by atoms with Crippen LogP contribution in [0.1, 0.15) is 0 Å². The summed E-state index contributed by atoms with van der Waals surface area (Å²) in [6.07, 6.45) is 6.97. The first-order chi connectivity index (χ1) is 22.6. The van der Waals surface area contributed by atoms with Gasteiger partial charge in [-0.05, 0) is 47.0 Å². The molecule has 0 radical (unpaired) electrons. The van der Waals surface area contributed by atoms with Gasteiger partial charge in [0, 0.05) is 62.2 Å². The summed E-state index contributed by atoms with van der Waals surface area (Å²) >= 11 is 0. The summed E-state index contributed by atoms with van der Waals surface area (Å²) in [6, 6.07) is 50.3. The van der Waals surface area contributed by atoms with Crippen LogP contribution in [0.15, 0.2) is 183 Å². The molecule has 4 nitrogen and oxygen atoms in total. The highest BCUT2D eigenvalue weighted by molar-refractivity contribution is 7.86. The molecular weight excluding hydrogens is 602 g/mol. The fourth-order valence-corrected chi connectivity index (χ4v) is 11.8. The van der Waals surface area contributed by atoms with E-state index in [9.17, 15) is 0 Å². The van der Waals surface area contributed by atoms with E-state index in [0.717, 1.165) is 32.9 Å². The van der Waals surface area contributed by atoms with Gasteiger partial charge in [-0.2, -0.15) is 0 Å². The molecule has 7 rings (SSSR count). The minimum atomic E-state index is -3.48. The van der Waals surface area contributed by atoms with Crippen LogP contribution in [0.3, 0.4) is 0 Å². The van der Waals surface area contributed by atoms with Gasteiger partial charge in [0.05, 0.1) is 0 Å². The average Bonchev–Trinajstić information content (AvgIpc) is 3.16. The Morgan fingerprint density at radius 2 is 0.761 bits per heavy atom. The highest BCUT2D eigenvalue weighted by atomic mass is 31.2. The summed E-state index contributed by atoms with van der Waals surface area (Å²) in [6.45, 7) is 0. The standard InChI is InChI=1S/C40H30N2O2P2/c43-45(33-15-5-1-6-16-33,34-17-7-2-8-18-34)39-29-38(32-14-13-25-42-30-32)40(28-37(39)31-23-26-41-27-24-31)46(44,35-19-9-3-10-20-35)36-21-11-4-12-22-36/h1-30H. The molecule has 0 aliphatic carbocycles. The molecule has 5 aromatic carbocycles. The Kier molecular flexibility index (Phi) is 8.16. The maximum absolute atomic E-state index is 16.0. The predicted octanol–water partition coefficient (Wildman–Crippen LogP) is 7.09. The van der Waals surface area contributed by atoms with Crippen LogP contribution in [-0.2, 0) is 9.13 Å². The summed E-state index contributed by atoms with van der Waals surface area (Å²) in [5, 5.41) is 4.18. The van der Waals surface area contributed by atoms with Gasteiger partial charge in [0.2, 0.25) is 0 Å². The molecule has 7 aromatic rings. The third-order valence-corrected chi connectivity index (χ3v) is 14.4. The lowest BCUT2D eigenvalue weighted by Crippen LogP contribution is -2.31. The molecule has 0 saturated heterocycles. The van der Waals surface area contributed by atoms with Crippen LogP contribution in [0.5, 0.6) is 0 Å². The van der Waals surface area contributed by atoms with Crippen molar-refractivity contribution in [2.75, 3.05) is 0 Å². The lowest BCUT2D eigenvalue weighted by molar-refractivity contribution is 0.591. The molecule has 0 atom stereocenters. The number of pyridine rings is 2. The van der Waals surface area contributed by atoms with Crippen LogP contribution in [-0.4, -0.2) is 9.97 Å². The van der Waals surface area contributed by atoms with Crippen molar-refractivity contribution in [3.63, 3.8) is 0 Å². The zero-order chi connectivity index (χ0) is 31.4. The first kappa shape index (κ1) is 29.6. The third kappa shape index (κ3) is 5.26. The molecule has 0 aliphatic rings. The van der Waals surface area contributed by atoms with Crippen LogP contribution in [0.25, 0.3) is 22.3 Å². The molecule has 0 bridgehead atoms. The van der Waals surface area contributed by atoms with E-state index >= 15 is 9.13 Å². The topological polar surface area (TPSA) is 59.9 Å². The van der Waals surface area contributed by atoms with Gasteiger partial charge >= 0.3 is 0 Å². The Balaban J connectivity index is 1.66. The average molecular weight is 633 g/mol. The number of hydrogen-bond acceptors (Lipinski definition) is 4. The van der Waals surface area contributed by atoms with E-state index in [2.05, 4.69) is 9.97 Å². The van der Waals surface area contributed by atoms with E-state index in [1.54, 1.807) is 24.8 Å². The first-order valence-corrected chi connectivity index (χ1v) is 18.4. The minimum absolute atomic E-state index is 0.654. The number of nitrogens with zero attached hydrogens (tertiary/aromatic N) is 2. The smallest absolute Gasteiger partial charge is 0.171 e. The van der Waals surface area contributed by atoms with Gasteiger partial charge < -0.3 is 9.13 Å². The first-order valence-electron chi connectivity index (χ1n) is 15.0. The molecule has 0 aliphatic heterocycles. The lowest BCUT2D eigenvalue weighted by atomic mass is 10.0. The molecule has 222 valence electrons. The van der Waals surface area contributed by atoms with Crippen molar-refractivity contribution >= 4 is 46.1 Å². The molecule has 0 N–H and O–H groups in total. The highest BCUT2D eigenvalue weighted by Crippen LogP contribution is 2.50. The fourth-order valence-electron chi connectivity index (χ4n) is 6.02. The second-order valence-corrected chi connectivity index (χ2v) is 16.4. The Labute approximate surface area is 269 Å². The van der Waals surface area contributed by atoms with Crippen molar-refractivity contribution in [3.8, 4) is 22.3 Å². The SMILES string of the molecule is O=P(c1ccccc1)(c1ccccc1)c1cc(-c2cccnc2)c(P(=O)(c2ccccc2)c2ccccc2)cc1-c1ccncc1. The zero-order valence-electron chi connectivity index (χ0n) is 24.9. The van der Waals surface area contributed by atoms with Gasteiger partial charge in [0.1, 0.15) is 0 Å². The van der Waals surface area contributed by atoms with Crippen molar-refractivity contribution in [2.24, 2.45) is 0 Å². The summed E-state index contributed by atoms with van der Waals surface area (Å²) in [7, 11) is -6.95. The fraction of sp³-hybridized carbons (Fsp3) is 0. The van der Waals surface area contributed by atoms with E-state index in [1.165, 1.54) is 0 Å². The van der Waals surface area contributed by atoms with Gasteiger partial charge in [-0.15, -0.1) is 0 Å². The molecule has 2 heterocycles. The quantitative estimate of drug-likeness (QED) is 0.168. The summed E-state index contributed by atoms with van der Waals surface area (Å²) in [4.78, 5) is 8.73. The van der Waals surface area contributed by atoms with Crippen LogP contribution >= 0.6 is 14.3 Å². The van der Waals surface area contributed by atoms with Crippen LogP contribution < -0.4 is 31.8 Å². The molecule has 0 spiro atoms. The van der Waals surface area contributed by atoms with Gasteiger partial charge in [-0.3, -0.25) is 9.97 Å². The number of aromatic nitrogens is 2. The molecule has 0 amide bonds. The minimum Gasteiger partial charge on any atom is -0.309 e. The van der Waals surface area contributed by atoms with E-state index in [4.69, 9.17) is 0 Å². The Morgan fingerprint density at radius 1 is 0.370 bits per heavy atom. The van der Waals surface area contributed by atoms with Gasteiger partial charge in [0.25, 0.3) is 0 Å². The lowest BCUT2D eigenvalue weighted by Gasteiger charge is -2.28. The molecule has 46 heavy (non-hydrogen) atoms. The molecular formula is C40H30N2O2P2. The summed E-state index contributed by atoms with van der Waals surface area (Å²) in [5.74, 6) is 0. The predicted molar refractivity (Wildman–Crippen MR) is 192 cm³/mol.